The minimum Gasteiger partial charge on any atom is -1.00 e. The van der Waals surface area contributed by atoms with Crippen LogP contribution in [0.4, 0.5) is 0 Å². The highest BCUT2D eigenvalue weighted by molar-refractivity contribution is 9.10. The predicted octanol–water partition coefficient (Wildman–Crippen LogP) is 0.777. The van der Waals surface area contributed by atoms with E-state index in [-0.39, 0.29) is 22.8 Å². The topological polar surface area (TPSA) is 20.9 Å². The van der Waals surface area contributed by atoms with Crippen molar-refractivity contribution < 1.29 is 26.3 Å². The molecule has 0 spiro atoms. The summed E-state index contributed by atoms with van der Waals surface area (Å²) in [4.78, 5) is 12.4. The van der Waals surface area contributed by atoms with Gasteiger partial charge in [-0.2, -0.15) is 4.57 Å². The van der Waals surface area contributed by atoms with Crippen LogP contribution in [-0.2, 0) is 6.54 Å². The van der Waals surface area contributed by atoms with Crippen LogP contribution < -0.4 is 21.5 Å². The zero-order chi connectivity index (χ0) is 13.9. The van der Waals surface area contributed by atoms with Gasteiger partial charge in [0.05, 0.1) is 0 Å². The Morgan fingerprint density at radius 3 is 2.57 bits per heavy atom. The quantitative estimate of drug-likeness (QED) is 0.465. The molecule has 106 valence electrons. The van der Waals surface area contributed by atoms with Crippen molar-refractivity contribution in [1.29, 1.82) is 0 Å². The molecule has 0 aliphatic heterocycles. The average Bonchev–Trinajstić information content (AvgIpc) is 2.47. The van der Waals surface area contributed by atoms with Crippen molar-refractivity contribution in [1.82, 2.24) is 0 Å². The number of ketones is 1. The zero-order valence-corrected chi connectivity index (χ0v) is 14.3. The van der Waals surface area contributed by atoms with Gasteiger partial charge in [-0.3, -0.25) is 4.79 Å². The molecule has 2 nitrogen and oxygen atoms in total. The highest BCUT2D eigenvalue weighted by Gasteiger charge is 2.15. The van der Waals surface area contributed by atoms with Crippen LogP contribution in [0.25, 0.3) is 10.9 Å². The minimum atomic E-state index is 0. The molecule has 1 aromatic heterocycles. The molecule has 0 amide bonds. The SMILES string of the molecule is O=C(C[n+]1cccc2ccccc21)c1cccc(Br)c1.[Br-]. The number of fused-ring (bicyclic) bond motifs is 1. The molecule has 3 aromatic rings. The maximum Gasteiger partial charge on any atom is 0.227 e. The summed E-state index contributed by atoms with van der Waals surface area (Å²) in [6.45, 7) is 0.345. The van der Waals surface area contributed by atoms with E-state index in [4.69, 9.17) is 0 Å². The standard InChI is InChI=1S/C17H13BrNO.BrH/c18-15-8-3-6-14(11-15)17(20)12-19-10-4-7-13-5-1-2-9-16(13)19;/h1-11H,12H2;1H/q+1;/p-1. The van der Waals surface area contributed by atoms with Gasteiger partial charge in [-0.25, -0.2) is 0 Å². The molecule has 0 radical (unpaired) electrons. The van der Waals surface area contributed by atoms with E-state index in [1.807, 2.05) is 59.3 Å². The number of hydrogen-bond acceptors (Lipinski definition) is 1. The molecule has 0 saturated heterocycles. The highest BCUT2D eigenvalue weighted by Crippen LogP contribution is 2.13. The molecule has 1 heterocycles. The lowest BCUT2D eigenvalue weighted by Crippen LogP contribution is -3.00. The van der Waals surface area contributed by atoms with Crippen molar-refractivity contribution in [3.63, 3.8) is 0 Å². The second-order valence-corrected chi connectivity index (χ2v) is 5.54. The summed E-state index contributed by atoms with van der Waals surface area (Å²) in [5.41, 5.74) is 1.79. The van der Waals surface area contributed by atoms with E-state index in [0.717, 1.165) is 20.9 Å². The monoisotopic (exact) mass is 405 g/mol. The Morgan fingerprint density at radius 2 is 1.76 bits per heavy atom. The third kappa shape index (κ3) is 3.57. The van der Waals surface area contributed by atoms with Gasteiger partial charge < -0.3 is 17.0 Å². The van der Waals surface area contributed by atoms with E-state index < -0.39 is 0 Å². The lowest BCUT2D eigenvalue weighted by Gasteiger charge is -2.02. The Labute approximate surface area is 142 Å². The van der Waals surface area contributed by atoms with Gasteiger partial charge in [0.2, 0.25) is 17.8 Å². The summed E-state index contributed by atoms with van der Waals surface area (Å²) < 4.78 is 2.91. The van der Waals surface area contributed by atoms with Crippen molar-refractivity contribution in [2.45, 2.75) is 6.54 Å². The summed E-state index contributed by atoms with van der Waals surface area (Å²) in [6.07, 6.45) is 1.94. The van der Waals surface area contributed by atoms with Gasteiger partial charge in [-0.15, -0.1) is 0 Å². The molecule has 21 heavy (non-hydrogen) atoms. The summed E-state index contributed by atoms with van der Waals surface area (Å²) in [5.74, 6) is 0.104. The molecule has 0 aliphatic rings. The van der Waals surface area contributed by atoms with E-state index in [2.05, 4.69) is 28.1 Å². The van der Waals surface area contributed by atoms with Gasteiger partial charge in [-0.05, 0) is 24.3 Å². The Bertz CT molecular complexity index is 781. The van der Waals surface area contributed by atoms with Crippen molar-refractivity contribution >= 4 is 32.6 Å². The van der Waals surface area contributed by atoms with Crippen LogP contribution in [0.1, 0.15) is 10.4 Å². The van der Waals surface area contributed by atoms with Gasteiger partial charge in [0, 0.05) is 27.6 Å². The van der Waals surface area contributed by atoms with E-state index in [0.29, 0.717) is 6.54 Å². The summed E-state index contributed by atoms with van der Waals surface area (Å²) in [7, 11) is 0. The van der Waals surface area contributed by atoms with Crippen LogP contribution in [0.3, 0.4) is 0 Å². The number of pyridine rings is 1. The molecular formula is C17H13Br2NO. The molecule has 3 rings (SSSR count). The molecule has 4 heteroatoms. The Morgan fingerprint density at radius 1 is 1.00 bits per heavy atom. The van der Waals surface area contributed by atoms with Crippen LogP contribution in [0, 0.1) is 0 Å². The number of carbonyl (C=O) groups excluding carboxylic acids is 1. The number of Topliss-reactive ketones (excluding diaryl/α,β-unsaturated/α-hetero) is 1. The number of carbonyl (C=O) groups is 1. The lowest BCUT2D eigenvalue weighted by atomic mass is 10.1. The molecule has 0 aliphatic carbocycles. The van der Waals surface area contributed by atoms with Crippen LogP contribution in [0.2, 0.25) is 0 Å². The van der Waals surface area contributed by atoms with E-state index in [1.165, 1.54) is 0 Å². The number of rotatable bonds is 3. The number of benzene rings is 2. The van der Waals surface area contributed by atoms with Gasteiger partial charge in [0.25, 0.3) is 0 Å². The second-order valence-electron chi connectivity index (χ2n) is 4.63. The Balaban J connectivity index is 0.00000161. The highest BCUT2D eigenvalue weighted by atomic mass is 79.9. The van der Waals surface area contributed by atoms with E-state index in [9.17, 15) is 4.79 Å². The summed E-state index contributed by atoms with van der Waals surface area (Å²) in [6, 6.07) is 19.6. The average molecular weight is 407 g/mol. The molecule has 0 unspecified atom stereocenters. The van der Waals surface area contributed by atoms with Crippen LogP contribution in [-0.4, -0.2) is 5.78 Å². The van der Waals surface area contributed by atoms with Gasteiger partial charge in [-0.1, -0.05) is 40.2 Å². The van der Waals surface area contributed by atoms with Crippen LogP contribution in [0.15, 0.2) is 71.3 Å². The Kier molecular flexibility index (Phi) is 5.26. The Hall–Kier alpha value is -1.52. The van der Waals surface area contributed by atoms with Gasteiger partial charge >= 0.3 is 0 Å². The second kappa shape index (κ2) is 6.96. The smallest absolute Gasteiger partial charge is 0.227 e. The van der Waals surface area contributed by atoms with Gasteiger partial charge in [0.1, 0.15) is 0 Å². The first-order valence-corrected chi connectivity index (χ1v) is 7.19. The zero-order valence-electron chi connectivity index (χ0n) is 11.2. The van der Waals surface area contributed by atoms with E-state index >= 15 is 0 Å². The number of aromatic nitrogens is 1. The minimum absolute atomic E-state index is 0. The number of hydrogen-bond donors (Lipinski definition) is 0. The third-order valence-electron chi connectivity index (χ3n) is 3.25. The summed E-state index contributed by atoms with van der Waals surface area (Å²) in [5, 5.41) is 1.14. The largest absolute Gasteiger partial charge is 1.00 e. The molecule has 0 bridgehead atoms. The first kappa shape index (κ1) is 15.9. The molecule has 0 N–H and O–H groups in total. The first-order valence-electron chi connectivity index (χ1n) is 6.40. The van der Waals surface area contributed by atoms with Crippen molar-refractivity contribution in [2.24, 2.45) is 0 Å². The predicted molar refractivity (Wildman–Crippen MR) is 82.6 cm³/mol. The summed E-state index contributed by atoms with van der Waals surface area (Å²) >= 11 is 3.40. The molecule has 0 saturated carbocycles. The van der Waals surface area contributed by atoms with Crippen molar-refractivity contribution in [2.75, 3.05) is 0 Å². The van der Waals surface area contributed by atoms with Crippen LogP contribution >= 0.6 is 15.9 Å². The van der Waals surface area contributed by atoms with Gasteiger partial charge in [0.15, 0.2) is 6.20 Å². The lowest BCUT2D eigenvalue weighted by molar-refractivity contribution is -0.657. The number of nitrogens with zero attached hydrogens (tertiary/aromatic N) is 1. The third-order valence-corrected chi connectivity index (χ3v) is 3.74. The fraction of sp³-hybridized carbons (Fsp3) is 0.0588. The van der Waals surface area contributed by atoms with E-state index in [1.54, 1.807) is 0 Å². The fourth-order valence-electron chi connectivity index (χ4n) is 2.27. The molecule has 0 fully saturated rings. The fourth-order valence-corrected chi connectivity index (χ4v) is 2.67. The maximum atomic E-state index is 12.4. The van der Waals surface area contributed by atoms with Crippen molar-refractivity contribution in [3.8, 4) is 0 Å². The number of halogens is 2. The molecule has 2 aromatic carbocycles. The van der Waals surface area contributed by atoms with Crippen LogP contribution in [0.5, 0.6) is 0 Å². The molecular weight excluding hydrogens is 394 g/mol. The first-order chi connectivity index (χ1) is 9.74. The van der Waals surface area contributed by atoms with Crippen molar-refractivity contribution in [3.05, 3.63) is 76.9 Å². The number of para-hydroxylation sites is 1. The maximum absolute atomic E-state index is 12.4. The normalized spacial score (nSPS) is 10.1. The molecule has 0 atom stereocenters.